The molecule has 0 amide bonds. The molecule has 10 heteroatoms. The molecule has 0 radical (unpaired) electrons. The van der Waals surface area contributed by atoms with Crippen LogP contribution in [0.5, 0.6) is 5.75 Å². The van der Waals surface area contributed by atoms with Crippen LogP contribution in [0.4, 0.5) is 4.39 Å². The number of pyridine rings is 1. The number of aromatic nitrogens is 1. The summed E-state index contributed by atoms with van der Waals surface area (Å²) in [6, 6.07) is 9.40. The first-order chi connectivity index (χ1) is 11.3. The summed E-state index contributed by atoms with van der Waals surface area (Å²) < 4.78 is 29.8. The molecular weight excluding hydrogens is 382 g/mol. The predicted octanol–water partition coefficient (Wildman–Crippen LogP) is -5.11. The fraction of sp³-hybridized carbons (Fsp3) is 0.0625. The van der Waals surface area contributed by atoms with Crippen molar-refractivity contribution >= 4 is 23.8 Å². The summed E-state index contributed by atoms with van der Waals surface area (Å²) in [7, 11) is -4.04. The number of ether oxygens (including phenoxy) is 1. The normalized spacial score (nSPS) is 10.8. The number of hydrogen-bond acceptors (Lipinski definition) is 5. The standard InChI is InChI=1S/C16H13FNO5P.2Na/c1-23-14-6-5-11-15(16(14)24(20,21)22)13(19)8-12(18-11)9-3-2-4-10(17)7-9;;/h2-8H,1H3,(H,18,19)(H2,20,21,22);;/q;2*+1/p-2. The van der Waals surface area contributed by atoms with Crippen molar-refractivity contribution in [3.8, 4) is 17.0 Å². The number of methoxy groups -OCH3 is 1. The molecule has 26 heavy (non-hydrogen) atoms. The van der Waals surface area contributed by atoms with Crippen LogP contribution < -0.4 is 84.4 Å². The summed E-state index contributed by atoms with van der Waals surface area (Å²) in [5.74, 6) is -0.674. The van der Waals surface area contributed by atoms with Crippen LogP contribution in [0.25, 0.3) is 22.2 Å². The maximum absolute atomic E-state index is 13.4. The summed E-state index contributed by atoms with van der Waals surface area (Å²) in [6.07, 6.45) is 0. The van der Waals surface area contributed by atoms with E-state index in [9.17, 15) is 23.5 Å². The summed E-state index contributed by atoms with van der Waals surface area (Å²) in [5, 5.41) is -0.961. The summed E-state index contributed by atoms with van der Waals surface area (Å²) in [5.41, 5.74) is 0.182. The van der Waals surface area contributed by atoms with Crippen molar-refractivity contribution in [2.24, 2.45) is 0 Å². The van der Waals surface area contributed by atoms with E-state index < -0.39 is 24.1 Å². The Bertz CT molecular complexity index is 1050. The largest absolute Gasteiger partial charge is 1.00 e. The van der Waals surface area contributed by atoms with Gasteiger partial charge in [-0.2, -0.15) is 0 Å². The fourth-order valence-electron chi connectivity index (χ4n) is 2.56. The molecule has 0 aliphatic rings. The van der Waals surface area contributed by atoms with Gasteiger partial charge in [-0.3, -0.25) is 4.79 Å². The van der Waals surface area contributed by atoms with Crippen LogP contribution >= 0.6 is 7.60 Å². The Kier molecular flexibility index (Phi) is 8.29. The van der Waals surface area contributed by atoms with Crippen LogP contribution in [0.3, 0.4) is 0 Å². The van der Waals surface area contributed by atoms with Crippen LogP contribution in [0.2, 0.25) is 0 Å². The number of fused-ring (bicyclic) bond motifs is 1. The molecule has 0 aliphatic carbocycles. The minimum Gasteiger partial charge on any atom is -0.807 e. The third-order valence-corrected chi connectivity index (χ3v) is 4.55. The average molecular weight is 393 g/mol. The van der Waals surface area contributed by atoms with Gasteiger partial charge in [0.05, 0.1) is 18.0 Å². The van der Waals surface area contributed by atoms with Crippen molar-refractivity contribution in [1.29, 1.82) is 0 Å². The molecule has 0 spiro atoms. The molecule has 0 unspecified atom stereocenters. The number of rotatable bonds is 3. The fourth-order valence-corrected chi connectivity index (χ4v) is 3.50. The second kappa shape index (κ2) is 9.15. The number of benzene rings is 2. The Balaban J connectivity index is 0.00000169. The Morgan fingerprint density at radius 2 is 1.81 bits per heavy atom. The molecule has 2 aromatic carbocycles. The van der Waals surface area contributed by atoms with Gasteiger partial charge in [-0.05, 0) is 31.9 Å². The molecule has 1 heterocycles. The van der Waals surface area contributed by atoms with Crippen molar-refractivity contribution in [3.63, 3.8) is 0 Å². The number of hydrogen-bond donors (Lipinski definition) is 1. The molecule has 6 nitrogen and oxygen atoms in total. The molecular formula is C16H11FNNa2O5P. The van der Waals surface area contributed by atoms with Crippen molar-refractivity contribution in [2.75, 3.05) is 7.11 Å². The first kappa shape index (κ1) is 23.6. The van der Waals surface area contributed by atoms with Gasteiger partial charge >= 0.3 is 59.1 Å². The van der Waals surface area contributed by atoms with E-state index in [-0.39, 0.29) is 75.8 Å². The van der Waals surface area contributed by atoms with E-state index >= 15 is 0 Å². The first-order valence-electron chi connectivity index (χ1n) is 6.84. The van der Waals surface area contributed by atoms with E-state index in [1.165, 1.54) is 37.4 Å². The summed E-state index contributed by atoms with van der Waals surface area (Å²) in [4.78, 5) is 38.4. The summed E-state index contributed by atoms with van der Waals surface area (Å²) >= 11 is 0. The average Bonchev–Trinajstić information content (AvgIpc) is 2.52. The van der Waals surface area contributed by atoms with Gasteiger partial charge in [0, 0.05) is 22.6 Å². The smallest absolute Gasteiger partial charge is 0.807 e. The van der Waals surface area contributed by atoms with Gasteiger partial charge in [-0.25, -0.2) is 4.39 Å². The molecule has 3 aromatic rings. The topological polar surface area (TPSA) is 105 Å². The van der Waals surface area contributed by atoms with Crippen molar-refractivity contribution < 1.29 is 82.6 Å². The van der Waals surface area contributed by atoms with Gasteiger partial charge < -0.3 is 24.1 Å². The van der Waals surface area contributed by atoms with Gasteiger partial charge in [0.15, 0.2) is 5.43 Å². The second-order valence-electron chi connectivity index (χ2n) is 5.09. The zero-order valence-corrected chi connectivity index (χ0v) is 19.3. The van der Waals surface area contributed by atoms with E-state index in [2.05, 4.69) is 4.98 Å². The Labute approximate surface area is 192 Å². The van der Waals surface area contributed by atoms with Gasteiger partial charge in [0.1, 0.15) is 11.6 Å². The van der Waals surface area contributed by atoms with Gasteiger partial charge in [0.25, 0.3) is 0 Å². The van der Waals surface area contributed by atoms with Crippen LogP contribution in [-0.2, 0) is 4.57 Å². The van der Waals surface area contributed by atoms with E-state index in [0.717, 1.165) is 6.07 Å². The Morgan fingerprint density at radius 3 is 2.38 bits per heavy atom. The van der Waals surface area contributed by atoms with Gasteiger partial charge in [-0.1, -0.05) is 12.1 Å². The quantitative estimate of drug-likeness (QED) is 0.354. The van der Waals surface area contributed by atoms with Crippen LogP contribution in [0, 0.1) is 5.82 Å². The molecule has 0 atom stereocenters. The van der Waals surface area contributed by atoms with Gasteiger partial charge in [0.2, 0.25) is 0 Å². The minimum atomic E-state index is -5.24. The minimum absolute atomic E-state index is 0. The molecule has 0 saturated carbocycles. The van der Waals surface area contributed by atoms with Crippen LogP contribution in [0.15, 0.2) is 47.3 Å². The van der Waals surface area contributed by atoms with E-state index in [4.69, 9.17) is 4.74 Å². The molecule has 124 valence electrons. The van der Waals surface area contributed by atoms with Crippen molar-refractivity contribution in [1.82, 2.24) is 4.98 Å². The number of nitrogens with one attached hydrogen (secondary N) is 1. The second-order valence-corrected chi connectivity index (χ2v) is 6.54. The third-order valence-electron chi connectivity index (χ3n) is 3.56. The molecule has 0 fully saturated rings. The molecule has 0 saturated heterocycles. The maximum Gasteiger partial charge on any atom is 1.00 e. The summed E-state index contributed by atoms with van der Waals surface area (Å²) in [6.45, 7) is 0. The zero-order chi connectivity index (χ0) is 17.5. The monoisotopic (exact) mass is 393 g/mol. The third kappa shape index (κ3) is 4.68. The molecule has 1 N–H and O–H groups in total. The molecule has 0 bridgehead atoms. The van der Waals surface area contributed by atoms with E-state index in [1.54, 1.807) is 6.07 Å². The zero-order valence-electron chi connectivity index (χ0n) is 14.4. The van der Waals surface area contributed by atoms with Crippen LogP contribution in [-0.4, -0.2) is 12.1 Å². The Hall–Kier alpha value is -0.470. The number of H-pyrrole nitrogens is 1. The Morgan fingerprint density at radius 1 is 1.12 bits per heavy atom. The van der Waals surface area contributed by atoms with Crippen LogP contribution in [0.1, 0.15) is 0 Å². The molecule has 0 aliphatic heterocycles. The number of halogens is 1. The maximum atomic E-state index is 13.4. The molecule has 1 aromatic heterocycles. The van der Waals surface area contributed by atoms with E-state index in [0.29, 0.717) is 11.3 Å². The first-order valence-corrected chi connectivity index (χ1v) is 8.38. The van der Waals surface area contributed by atoms with Crippen molar-refractivity contribution in [2.45, 2.75) is 0 Å². The SMILES string of the molecule is COc1ccc2[nH]c(-c3cccc(F)c3)cc(=O)c2c1P(=O)([O-])[O-].[Na+].[Na+]. The molecule has 3 rings (SSSR count). The van der Waals surface area contributed by atoms with E-state index in [1.807, 2.05) is 0 Å². The van der Waals surface area contributed by atoms with Gasteiger partial charge in [-0.15, -0.1) is 0 Å². The number of aromatic amines is 1. The van der Waals surface area contributed by atoms with Crippen molar-refractivity contribution in [3.05, 3.63) is 58.5 Å². The predicted molar refractivity (Wildman–Crippen MR) is 83.8 cm³/mol.